The van der Waals surface area contributed by atoms with Gasteiger partial charge in [-0.1, -0.05) is 12.1 Å². The van der Waals surface area contributed by atoms with E-state index in [-0.39, 0.29) is 23.5 Å². The number of hydrogen-bond donors (Lipinski definition) is 1. The summed E-state index contributed by atoms with van der Waals surface area (Å²) < 4.78 is 29.5. The summed E-state index contributed by atoms with van der Waals surface area (Å²) in [6.07, 6.45) is 4.01. The molecule has 8 heteroatoms. The van der Waals surface area contributed by atoms with E-state index in [1.54, 1.807) is 12.3 Å². The number of hydrogen-bond acceptors (Lipinski definition) is 4. The average molecular weight is 497 g/mol. The maximum atomic E-state index is 13.7. The molecular formula is C24H19BrF2N4O. The van der Waals surface area contributed by atoms with Gasteiger partial charge in [-0.3, -0.25) is 9.36 Å². The van der Waals surface area contributed by atoms with E-state index in [4.69, 9.17) is 5.73 Å². The van der Waals surface area contributed by atoms with Gasteiger partial charge >= 0.3 is 0 Å². The summed E-state index contributed by atoms with van der Waals surface area (Å²) in [7, 11) is 0. The van der Waals surface area contributed by atoms with Gasteiger partial charge in [0.25, 0.3) is 5.56 Å². The predicted octanol–water partition coefficient (Wildman–Crippen LogP) is 4.94. The Kier molecular flexibility index (Phi) is 5.35. The molecule has 2 aromatic heterocycles. The standard InChI is InChI=1S/C24H19BrF2N4O/c25-16-10-20-22(29-12-16)30-23(21(28)9-13-7-17(26)11-18(27)8-13)31(24(20)32)19-5-3-15(4-6-19)14-1-2-14/h3-8,10-12,14,21H,1-2,9,28H2. The number of benzene rings is 2. The predicted molar refractivity (Wildman–Crippen MR) is 122 cm³/mol. The molecule has 0 saturated heterocycles. The van der Waals surface area contributed by atoms with E-state index in [2.05, 4.69) is 25.9 Å². The lowest BCUT2D eigenvalue weighted by Gasteiger charge is -2.19. The van der Waals surface area contributed by atoms with Crippen molar-refractivity contribution in [2.45, 2.75) is 31.2 Å². The van der Waals surface area contributed by atoms with Crippen LogP contribution < -0.4 is 11.3 Å². The Morgan fingerprint density at radius 3 is 2.44 bits per heavy atom. The molecule has 2 N–H and O–H groups in total. The van der Waals surface area contributed by atoms with Crippen LogP contribution in [0.5, 0.6) is 0 Å². The minimum absolute atomic E-state index is 0.101. The third kappa shape index (κ3) is 4.08. The van der Waals surface area contributed by atoms with Crippen molar-refractivity contribution >= 4 is 27.0 Å². The number of halogens is 3. The molecule has 5 rings (SSSR count). The van der Waals surface area contributed by atoms with Crippen molar-refractivity contribution in [2.75, 3.05) is 0 Å². The molecule has 1 saturated carbocycles. The van der Waals surface area contributed by atoms with Crippen LogP contribution in [0.1, 0.15) is 41.8 Å². The van der Waals surface area contributed by atoms with E-state index in [9.17, 15) is 13.6 Å². The van der Waals surface area contributed by atoms with Crippen LogP contribution in [0.25, 0.3) is 16.7 Å². The van der Waals surface area contributed by atoms with Gasteiger partial charge in [-0.25, -0.2) is 18.7 Å². The zero-order valence-electron chi connectivity index (χ0n) is 16.9. The minimum atomic E-state index is -0.790. The first kappa shape index (κ1) is 20.9. The molecule has 1 unspecified atom stereocenters. The molecule has 0 aliphatic heterocycles. The van der Waals surface area contributed by atoms with Crippen LogP contribution in [0, 0.1) is 11.6 Å². The third-order valence-corrected chi connectivity index (χ3v) is 6.06. The number of pyridine rings is 1. The molecule has 1 aliphatic rings. The molecule has 1 fully saturated rings. The highest BCUT2D eigenvalue weighted by Crippen LogP contribution is 2.40. The highest BCUT2D eigenvalue weighted by atomic mass is 79.9. The molecule has 32 heavy (non-hydrogen) atoms. The summed E-state index contributed by atoms with van der Waals surface area (Å²) in [4.78, 5) is 22.3. The van der Waals surface area contributed by atoms with Crippen molar-refractivity contribution in [3.8, 4) is 5.69 Å². The molecule has 1 atom stereocenters. The van der Waals surface area contributed by atoms with Crippen molar-refractivity contribution in [1.82, 2.24) is 14.5 Å². The Morgan fingerprint density at radius 2 is 1.78 bits per heavy atom. The van der Waals surface area contributed by atoms with Gasteiger partial charge < -0.3 is 5.73 Å². The molecular weight excluding hydrogens is 478 g/mol. The fourth-order valence-electron chi connectivity index (χ4n) is 3.95. The first-order chi connectivity index (χ1) is 15.4. The van der Waals surface area contributed by atoms with E-state index >= 15 is 0 Å². The third-order valence-electron chi connectivity index (χ3n) is 5.63. The number of rotatable bonds is 5. The molecule has 0 bridgehead atoms. The monoisotopic (exact) mass is 496 g/mol. The van der Waals surface area contributed by atoms with Crippen molar-refractivity contribution < 1.29 is 8.78 Å². The van der Waals surface area contributed by atoms with Crippen molar-refractivity contribution in [2.24, 2.45) is 5.73 Å². The van der Waals surface area contributed by atoms with Crippen LogP contribution >= 0.6 is 15.9 Å². The second-order valence-electron chi connectivity index (χ2n) is 8.09. The van der Waals surface area contributed by atoms with Gasteiger partial charge in [0.1, 0.15) is 17.5 Å². The lowest BCUT2D eigenvalue weighted by molar-refractivity contribution is 0.572. The van der Waals surface area contributed by atoms with Gasteiger partial charge in [-0.15, -0.1) is 0 Å². The molecule has 4 aromatic rings. The van der Waals surface area contributed by atoms with E-state index < -0.39 is 17.7 Å². The van der Waals surface area contributed by atoms with Crippen LogP contribution in [0.15, 0.2) is 64.0 Å². The minimum Gasteiger partial charge on any atom is -0.321 e. The first-order valence-electron chi connectivity index (χ1n) is 10.3. The maximum Gasteiger partial charge on any atom is 0.267 e. The molecule has 0 spiro atoms. The number of nitrogens with zero attached hydrogens (tertiary/aromatic N) is 3. The van der Waals surface area contributed by atoms with Crippen molar-refractivity contribution in [1.29, 1.82) is 0 Å². The first-order valence-corrected chi connectivity index (χ1v) is 11.1. The molecule has 162 valence electrons. The number of nitrogens with two attached hydrogens (primary N) is 1. The fraction of sp³-hybridized carbons (Fsp3) is 0.208. The summed E-state index contributed by atoms with van der Waals surface area (Å²) in [5.74, 6) is -0.502. The van der Waals surface area contributed by atoms with Gasteiger partial charge in [0, 0.05) is 16.7 Å². The van der Waals surface area contributed by atoms with Crippen LogP contribution in [-0.4, -0.2) is 14.5 Å². The Labute approximate surface area is 191 Å². The van der Waals surface area contributed by atoms with E-state index in [0.717, 1.165) is 6.07 Å². The van der Waals surface area contributed by atoms with Crippen LogP contribution in [0.2, 0.25) is 0 Å². The Bertz CT molecular complexity index is 1360. The Morgan fingerprint density at radius 1 is 1.09 bits per heavy atom. The summed E-state index contributed by atoms with van der Waals surface area (Å²) in [6, 6.07) is 11.9. The molecule has 2 heterocycles. The number of aromatic nitrogens is 3. The van der Waals surface area contributed by atoms with Crippen LogP contribution in [0.3, 0.4) is 0 Å². The van der Waals surface area contributed by atoms with Gasteiger partial charge in [0.05, 0.1) is 17.1 Å². The van der Waals surface area contributed by atoms with Gasteiger partial charge in [-0.05, 0) is 82.6 Å². The van der Waals surface area contributed by atoms with Crippen LogP contribution in [0.4, 0.5) is 8.78 Å². The average Bonchev–Trinajstić information content (AvgIpc) is 3.59. The SMILES string of the molecule is NC(Cc1cc(F)cc(F)c1)c1nc2ncc(Br)cc2c(=O)n1-c1ccc(C2CC2)cc1. The summed E-state index contributed by atoms with van der Waals surface area (Å²) in [6.45, 7) is 0. The summed E-state index contributed by atoms with van der Waals surface area (Å²) in [5, 5.41) is 0.346. The molecule has 2 aromatic carbocycles. The Hall–Kier alpha value is -2.97. The van der Waals surface area contributed by atoms with Gasteiger partial charge in [-0.2, -0.15) is 0 Å². The summed E-state index contributed by atoms with van der Waals surface area (Å²) >= 11 is 3.35. The van der Waals surface area contributed by atoms with Gasteiger partial charge in [0.2, 0.25) is 0 Å². The smallest absolute Gasteiger partial charge is 0.267 e. The van der Waals surface area contributed by atoms with E-state index in [1.807, 2.05) is 24.3 Å². The maximum absolute atomic E-state index is 13.7. The number of fused-ring (bicyclic) bond motifs is 1. The second kappa shape index (κ2) is 8.18. The van der Waals surface area contributed by atoms with E-state index in [0.29, 0.717) is 27.0 Å². The quantitative estimate of drug-likeness (QED) is 0.424. The lowest BCUT2D eigenvalue weighted by atomic mass is 10.0. The zero-order chi connectivity index (χ0) is 22.4. The largest absolute Gasteiger partial charge is 0.321 e. The fourth-order valence-corrected chi connectivity index (χ4v) is 4.28. The van der Waals surface area contributed by atoms with Gasteiger partial charge in [0.15, 0.2) is 5.65 Å². The van der Waals surface area contributed by atoms with Crippen molar-refractivity contribution in [3.63, 3.8) is 0 Å². The highest BCUT2D eigenvalue weighted by molar-refractivity contribution is 9.10. The molecule has 0 amide bonds. The summed E-state index contributed by atoms with van der Waals surface area (Å²) in [5.41, 5.74) is 8.64. The Balaban J connectivity index is 1.64. The molecule has 5 nitrogen and oxygen atoms in total. The molecule has 1 aliphatic carbocycles. The topological polar surface area (TPSA) is 73.8 Å². The zero-order valence-corrected chi connectivity index (χ0v) is 18.5. The normalized spacial score (nSPS) is 14.6. The van der Waals surface area contributed by atoms with Crippen molar-refractivity contribution in [3.05, 3.63) is 98.1 Å². The molecule has 0 radical (unpaired) electrons. The van der Waals surface area contributed by atoms with E-state index in [1.165, 1.54) is 35.1 Å². The van der Waals surface area contributed by atoms with Crippen LogP contribution in [-0.2, 0) is 6.42 Å². The highest BCUT2D eigenvalue weighted by Gasteiger charge is 2.24. The second-order valence-corrected chi connectivity index (χ2v) is 9.01. The lowest BCUT2D eigenvalue weighted by Crippen LogP contribution is -2.29.